The summed E-state index contributed by atoms with van der Waals surface area (Å²) in [4.78, 5) is 4.61. The molecule has 3 atom stereocenters. The van der Waals surface area contributed by atoms with E-state index in [2.05, 4.69) is 10.0 Å². The number of rotatable bonds is 6. The van der Waals surface area contributed by atoms with Crippen LogP contribution < -0.4 is 4.90 Å². The Labute approximate surface area is 122 Å². The van der Waals surface area contributed by atoms with Gasteiger partial charge < -0.3 is 9.64 Å². The number of ether oxygens (including phenoxy) is 1. The van der Waals surface area contributed by atoms with Crippen molar-refractivity contribution in [2.75, 3.05) is 31.8 Å². The summed E-state index contributed by atoms with van der Waals surface area (Å²) in [5.41, 5.74) is 10.1. The summed E-state index contributed by atoms with van der Waals surface area (Å²) in [6, 6.07) is 6.40. The number of nitrogens with zero attached hydrogens (tertiary/aromatic N) is 4. The van der Waals surface area contributed by atoms with Crippen molar-refractivity contribution in [1.29, 1.82) is 0 Å². The zero-order valence-electron chi connectivity index (χ0n) is 11.8. The molecule has 21 heavy (non-hydrogen) atoms. The highest BCUT2D eigenvalue weighted by Gasteiger charge is 2.24. The predicted molar refractivity (Wildman–Crippen MR) is 76.8 cm³/mol. The molecular formula is C14H18F2N4O. The van der Waals surface area contributed by atoms with Gasteiger partial charge in [0.2, 0.25) is 0 Å². The fourth-order valence-electron chi connectivity index (χ4n) is 2.58. The van der Waals surface area contributed by atoms with Crippen LogP contribution in [0.15, 0.2) is 29.4 Å². The Morgan fingerprint density at radius 3 is 2.67 bits per heavy atom. The summed E-state index contributed by atoms with van der Waals surface area (Å²) >= 11 is 0. The van der Waals surface area contributed by atoms with Crippen LogP contribution in [0.1, 0.15) is 18.1 Å². The Morgan fingerprint density at radius 1 is 1.48 bits per heavy atom. The fourth-order valence-corrected chi connectivity index (χ4v) is 2.58. The van der Waals surface area contributed by atoms with Crippen molar-refractivity contribution in [2.24, 2.45) is 5.11 Å². The molecule has 0 N–H and O–H groups in total. The lowest BCUT2D eigenvalue weighted by atomic mass is 10.0. The van der Waals surface area contributed by atoms with Crippen LogP contribution >= 0.6 is 0 Å². The van der Waals surface area contributed by atoms with Gasteiger partial charge in [-0.25, -0.2) is 4.39 Å². The molecule has 1 unspecified atom stereocenters. The smallest absolute Gasteiger partial charge is 0.119 e. The molecule has 5 nitrogen and oxygen atoms in total. The van der Waals surface area contributed by atoms with Gasteiger partial charge in [-0.3, -0.25) is 4.39 Å². The molecule has 1 heterocycles. The first-order chi connectivity index (χ1) is 10.2. The molecule has 0 radical (unpaired) electrons. The first-order valence-corrected chi connectivity index (χ1v) is 6.81. The molecule has 1 aliphatic heterocycles. The van der Waals surface area contributed by atoms with Crippen molar-refractivity contribution in [1.82, 2.24) is 0 Å². The first kappa shape index (κ1) is 15.5. The monoisotopic (exact) mass is 296 g/mol. The van der Waals surface area contributed by atoms with Gasteiger partial charge >= 0.3 is 0 Å². The number of methoxy groups -OCH3 is 1. The highest BCUT2D eigenvalue weighted by molar-refractivity contribution is 5.49. The molecular weight excluding hydrogens is 278 g/mol. The van der Waals surface area contributed by atoms with Crippen molar-refractivity contribution in [2.45, 2.75) is 24.7 Å². The van der Waals surface area contributed by atoms with E-state index in [1.54, 1.807) is 12.1 Å². The van der Waals surface area contributed by atoms with Crippen molar-refractivity contribution >= 4 is 5.69 Å². The van der Waals surface area contributed by atoms with Crippen LogP contribution in [0.3, 0.4) is 0 Å². The second-order valence-electron chi connectivity index (χ2n) is 5.01. The molecule has 0 spiro atoms. The van der Waals surface area contributed by atoms with Crippen LogP contribution in [0.5, 0.6) is 0 Å². The van der Waals surface area contributed by atoms with Crippen LogP contribution in [-0.4, -0.2) is 39.1 Å². The fraction of sp³-hybridized carbons (Fsp3) is 0.571. The highest BCUT2D eigenvalue weighted by Crippen LogP contribution is 2.27. The summed E-state index contributed by atoms with van der Waals surface area (Å²) in [5.74, 6) is 0. The van der Waals surface area contributed by atoms with Gasteiger partial charge in [0.25, 0.3) is 0 Å². The third-order valence-corrected chi connectivity index (χ3v) is 3.68. The van der Waals surface area contributed by atoms with E-state index >= 15 is 0 Å². The molecule has 7 heteroatoms. The molecule has 1 fully saturated rings. The lowest BCUT2D eigenvalue weighted by Gasteiger charge is -2.22. The minimum absolute atomic E-state index is 0.402. The number of anilines is 1. The van der Waals surface area contributed by atoms with Gasteiger partial charge in [0, 0.05) is 30.8 Å². The molecule has 0 bridgehead atoms. The van der Waals surface area contributed by atoms with E-state index in [1.165, 1.54) is 7.11 Å². The zero-order chi connectivity index (χ0) is 15.2. The van der Waals surface area contributed by atoms with Gasteiger partial charge in [-0.05, 0) is 29.6 Å². The van der Waals surface area contributed by atoms with E-state index in [-0.39, 0.29) is 0 Å². The maximum absolute atomic E-state index is 13.2. The SMILES string of the molecule is CO[C@H](c1ccc(N2CC[C@H](F)C2)cc1)C(CF)N=[N+]=[N-]. The normalized spacial score (nSPS) is 20.9. The van der Waals surface area contributed by atoms with E-state index in [1.807, 2.05) is 17.0 Å². The van der Waals surface area contributed by atoms with E-state index in [4.69, 9.17) is 10.3 Å². The molecule has 1 aliphatic rings. The molecule has 0 aliphatic carbocycles. The molecule has 0 aromatic heterocycles. The Bertz CT molecular complexity index is 504. The lowest BCUT2D eigenvalue weighted by molar-refractivity contribution is 0.0722. The van der Waals surface area contributed by atoms with Gasteiger partial charge in [0.05, 0.1) is 12.1 Å². The molecule has 2 rings (SSSR count). The van der Waals surface area contributed by atoms with Gasteiger partial charge in [0.15, 0.2) is 0 Å². The minimum Gasteiger partial charge on any atom is -0.376 e. The number of benzene rings is 1. The molecule has 0 saturated carbocycles. The third kappa shape index (κ3) is 3.62. The average molecular weight is 296 g/mol. The van der Waals surface area contributed by atoms with Crippen LogP contribution in [0.4, 0.5) is 14.5 Å². The molecule has 114 valence electrons. The number of hydrogen-bond donors (Lipinski definition) is 0. The molecule has 1 aromatic carbocycles. The maximum atomic E-state index is 13.2. The van der Waals surface area contributed by atoms with Crippen molar-refractivity contribution in [3.8, 4) is 0 Å². The standard InChI is InChI=1S/C14H18F2N4O/c1-21-14(13(8-15)18-19-17)10-2-4-12(5-3-10)20-7-6-11(16)9-20/h2-5,11,13-14H,6-9H2,1H3/t11-,13?,14+/m0/s1. The maximum Gasteiger partial charge on any atom is 0.119 e. The van der Waals surface area contributed by atoms with Gasteiger partial charge in [-0.1, -0.05) is 17.2 Å². The van der Waals surface area contributed by atoms with Crippen LogP contribution in [0.25, 0.3) is 10.4 Å². The van der Waals surface area contributed by atoms with E-state index in [0.717, 1.165) is 11.3 Å². The number of azide groups is 1. The Hall–Kier alpha value is -1.85. The Morgan fingerprint density at radius 2 is 2.19 bits per heavy atom. The zero-order valence-corrected chi connectivity index (χ0v) is 11.8. The Balaban J connectivity index is 2.14. The second-order valence-corrected chi connectivity index (χ2v) is 5.01. The number of halogens is 2. The summed E-state index contributed by atoms with van der Waals surface area (Å²) < 4.78 is 31.4. The topological polar surface area (TPSA) is 61.2 Å². The third-order valence-electron chi connectivity index (χ3n) is 3.68. The molecule has 1 aromatic rings. The van der Waals surface area contributed by atoms with Crippen LogP contribution in [0.2, 0.25) is 0 Å². The van der Waals surface area contributed by atoms with E-state index in [0.29, 0.717) is 19.5 Å². The number of alkyl halides is 2. The minimum atomic E-state index is -0.896. The van der Waals surface area contributed by atoms with E-state index < -0.39 is 25.0 Å². The van der Waals surface area contributed by atoms with E-state index in [9.17, 15) is 8.78 Å². The van der Waals surface area contributed by atoms with Crippen molar-refractivity contribution in [3.63, 3.8) is 0 Å². The summed E-state index contributed by atoms with van der Waals surface area (Å²) in [5, 5.41) is 3.42. The number of hydrogen-bond acceptors (Lipinski definition) is 3. The Kier molecular flexibility index (Phi) is 5.36. The largest absolute Gasteiger partial charge is 0.376 e. The van der Waals surface area contributed by atoms with Crippen LogP contribution in [-0.2, 0) is 4.74 Å². The highest BCUT2D eigenvalue weighted by atomic mass is 19.1. The molecule has 1 saturated heterocycles. The van der Waals surface area contributed by atoms with Gasteiger partial charge in [-0.2, -0.15) is 0 Å². The lowest BCUT2D eigenvalue weighted by Crippen LogP contribution is -2.21. The van der Waals surface area contributed by atoms with Crippen LogP contribution in [0, 0.1) is 0 Å². The van der Waals surface area contributed by atoms with Gasteiger partial charge in [0.1, 0.15) is 12.8 Å². The van der Waals surface area contributed by atoms with Crippen molar-refractivity contribution in [3.05, 3.63) is 40.3 Å². The quantitative estimate of drug-likeness (QED) is 0.457. The second kappa shape index (κ2) is 7.24. The van der Waals surface area contributed by atoms with Gasteiger partial charge in [-0.15, -0.1) is 0 Å². The predicted octanol–water partition coefficient (Wildman–Crippen LogP) is 3.57. The average Bonchev–Trinajstić information content (AvgIpc) is 2.94. The summed E-state index contributed by atoms with van der Waals surface area (Å²) in [7, 11) is 1.45. The summed E-state index contributed by atoms with van der Waals surface area (Å²) in [6.07, 6.45) is -0.867. The summed E-state index contributed by atoms with van der Waals surface area (Å²) in [6.45, 7) is 0.304. The molecule has 0 amide bonds. The first-order valence-electron chi connectivity index (χ1n) is 6.81. The van der Waals surface area contributed by atoms with Crippen molar-refractivity contribution < 1.29 is 13.5 Å².